The van der Waals surface area contributed by atoms with Gasteiger partial charge in [-0.1, -0.05) is 60.7 Å². The van der Waals surface area contributed by atoms with Crippen LogP contribution in [0, 0.1) is 20.2 Å². The third kappa shape index (κ3) is 5.16. The van der Waals surface area contributed by atoms with E-state index in [0.29, 0.717) is 23.3 Å². The highest BCUT2D eigenvalue weighted by Gasteiger charge is 2.39. The molecule has 10 heteroatoms. The van der Waals surface area contributed by atoms with Crippen LogP contribution in [0.4, 0.5) is 30.2 Å². The van der Waals surface area contributed by atoms with E-state index in [1.165, 1.54) is 4.90 Å². The van der Waals surface area contributed by atoms with Crippen LogP contribution >= 0.6 is 0 Å². The van der Waals surface area contributed by atoms with Gasteiger partial charge in [0.15, 0.2) is 5.69 Å². The summed E-state index contributed by atoms with van der Waals surface area (Å²) < 4.78 is 39.7. The predicted octanol–water partition coefficient (Wildman–Crippen LogP) is 5.73. The smallest absolute Gasteiger partial charge is 0.352 e. The van der Waals surface area contributed by atoms with Gasteiger partial charge in [-0.15, -0.1) is 0 Å². The van der Waals surface area contributed by atoms with Gasteiger partial charge in [-0.25, -0.2) is 0 Å². The zero-order valence-corrected chi connectivity index (χ0v) is 16.0. The molecule has 0 aromatic heterocycles. The fourth-order valence-corrected chi connectivity index (χ4v) is 3.19. The van der Waals surface area contributed by atoms with Gasteiger partial charge in [0.25, 0.3) is 11.4 Å². The molecule has 0 fully saturated rings. The molecule has 3 aromatic carbocycles. The van der Waals surface area contributed by atoms with E-state index < -0.39 is 38.6 Å². The summed E-state index contributed by atoms with van der Waals surface area (Å²) in [6.07, 6.45) is -4.97. The minimum Gasteiger partial charge on any atom is -0.352 e. The number of nitrogens with zero attached hydrogens (tertiary/aromatic N) is 3. The van der Waals surface area contributed by atoms with Gasteiger partial charge in [0, 0.05) is 25.2 Å². The summed E-state index contributed by atoms with van der Waals surface area (Å²) in [5, 5.41) is 23.3. The summed E-state index contributed by atoms with van der Waals surface area (Å²) in [6.45, 7) is 0.0333. The molecule has 0 N–H and O–H groups in total. The molecule has 0 spiro atoms. The summed E-state index contributed by atoms with van der Waals surface area (Å²) in [7, 11) is 0. The summed E-state index contributed by atoms with van der Waals surface area (Å²) in [5.41, 5.74) is -2.52. The Morgan fingerprint density at radius 2 is 1.13 bits per heavy atom. The minimum absolute atomic E-state index is 0.0166. The largest absolute Gasteiger partial charge is 0.416 e. The molecule has 0 saturated heterocycles. The molecule has 0 radical (unpaired) electrons. The maximum Gasteiger partial charge on any atom is 0.416 e. The van der Waals surface area contributed by atoms with Crippen molar-refractivity contribution < 1.29 is 23.0 Å². The number of alkyl halides is 3. The summed E-state index contributed by atoms with van der Waals surface area (Å²) in [6, 6.07) is 18.0. The van der Waals surface area contributed by atoms with Crippen molar-refractivity contribution in [2.45, 2.75) is 19.3 Å². The Morgan fingerprint density at radius 3 is 1.45 bits per heavy atom. The highest BCUT2D eigenvalue weighted by Crippen LogP contribution is 2.44. The van der Waals surface area contributed by atoms with Crippen LogP contribution in [0.1, 0.15) is 16.7 Å². The average molecular weight is 431 g/mol. The molecule has 0 unspecified atom stereocenters. The Balaban J connectivity index is 2.22. The first kappa shape index (κ1) is 21.8. The van der Waals surface area contributed by atoms with Crippen LogP contribution < -0.4 is 4.90 Å². The SMILES string of the molecule is O=[N+]([O-])c1cc(C(F)(F)F)cc([N+](=O)[O-])c1N(Cc1ccccc1)Cc1ccccc1. The quantitative estimate of drug-likeness (QED) is 0.352. The van der Waals surface area contributed by atoms with Crippen molar-refractivity contribution >= 4 is 17.1 Å². The standard InChI is InChI=1S/C21H16F3N3O4/c22-21(23,24)17-11-18(26(28)29)20(19(12-17)27(30)31)25(13-15-7-3-1-4-8-15)14-16-9-5-2-6-10-16/h1-12H,13-14H2. The van der Waals surface area contributed by atoms with E-state index in [0.717, 1.165) is 0 Å². The summed E-state index contributed by atoms with van der Waals surface area (Å²) in [5.74, 6) is 0. The van der Waals surface area contributed by atoms with E-state index in [2.05, 4.69) is 0 Å². The highest BCUT2D eigenvalue weighted by atomic mass is 19.4. The normalized spacial score (nSPS) is 11.2. The maximum atomic E-state index is 13.2. The first-order valence-electron chi connectivity index (χ1n) is 9.03. The first-order chi connectivity index (χ1) is 14.7. The molecule has 31 heavy (non-hydrogen) atoms. The zero-order valence-electron chi connectivity index (χ0n) is 16.0. The monoisotopic (exact) mass is 431 g/mol. The molecule has 160 valence electrons. The Hall–Kier alpha value is -3.95. The predicted molar refractivity (Wildman–Crippen MR) is 108 cm³/mol. The van der Waals surface area contributed by atoms with E-state index in [1.54, 1.807) is 60.7 Å². The molecule has 0 saturated carbocycles. The molecule has 0 bridgehead atoms. The molecular formula is C21H16F3N3O4. The second-order valence-electron chi connectivity index (χ2n) is 6.70. The third-order valence-electron chi connectivity index (χ3n) is 4.54. The number of benzene rings is 3. The van der Waals surface area contributed by atoms with Gasteiger partial charge in [-0.2, -0.15) is 13.2 Å². The van der Waals surface area contributed by atoms with Crippen LogP contribution in [0.5, 0.6) is 0 Å². The summed E-state index contributed by atoms with van der Waals surface area (Å²) in [4.78, 5) is 22.6. The summed E-state index contributed by atoms with van der Waals surface area (Å²) >= 11 is 0. The van der Waals surface area contributed by atoms with E-state index in [4.69, 9.17) is 0 Å². The molecule has 0 aliphatic rings. The molecule has 0 aliphatic carbocycles. The van der Waals surface area contributed by atoms with E-state index in [1.807, 2.05) is 0 Å². The Kier molecular flexibility index (Phi) is 6.19. The molecule has 0 amide bonds. The lowest BCUT2D eigenvalue weighted by Crippen LogP contribution is -2.24. The Bertz CT molecular complexity index is 1010. The number of anilines is 1. The topological polar surface area (TPSA) is 89.5 Å². The van der Waals surface area contributed by atoms with Crippen LogP contribution in [-0.4, -0.2) is 9.85 Å². The van der Waals surface area contributed by atoms with Gasteiger partial charge in [-0.3, -0.25) is 20.2 Å². The van der Waals surface area contributed by atoms with E-state index >= 15 is 0 Å². The molecule has 0 aliphatic heterocycles. The average Bonchev–Trinajstić information content (AvgIpc) is 2.73. The molecule has 3 rings (SSSR count). The number of hydrogen-bond acceptors (Lipinski definition) is 5. The van der Waals surface area contributed by atoms with Crippen molar-refractivity contribution in [3.05, 3.63) is 110 Å². The van der Waals surface area contributed by atoms with Gasteiger partial charge in [0.2, 0.25) is 0 Å². The van der Waals surface area contributed by atoms with E-state index in [9.17, 15) is 33.4 Å². The van der Waals surface area contributed by atoms with Crippen molar-refractivity contribution in [3.8, 4) is 0 Å². The van der Waals surface area contributed by atoms with Gasteiger partial charge in [0.1, 0.15) is 0 Å². The van der Waals surface area contributed by atoms with Crippen LogP contribution in [0.2, 0.25) is 0 Å². The lowest BCUT2D eigenvalue weighted by Gasteiger charge is -2.25. The van der Waals surface area contributed by atoms with Gasteiger partial charge >= 0.3 is 6.18 Å². The second-order valence-corrected chi connectivity index (χ2v) is 6.70. The van der Waals surface area contributed by atoms with Crippen molar-refractivity contribution in [2.75, 3.05) is 4.90 Å². The number of nitro benzene ring substituents is 2. The van der Waals surface area contributed by atoms with Crippen LogP contribution in [-0.2, 0) is 19.3 Å². The number of halogens is 3. The molecule has 3 aromatic rings. The fourth-order valence-electron chi connectivity index (χ4n) is 3.19. The van der Waals surface area contributed by atoms with Crippen LogP contribution in [0.3, 0.4) is 0 Å². The molecule has 7 nitrogen and oxygen atoms in total. The van der Waals surface area contributed by atoms with Crippen molar-refractivity contribution in [1.82, 2.24) is 0 Å². The van der Waals surface area contributed by atoms with Gasteiger partial charge in [-0.05, 0) is 11.1 Å². The van der Waals surface area contributed by atoms with E-state index in [-0.39, 0.29) is 13.1 Å². The van der Waals surface area contributed by atoms with Crippen molar-refractivity contribution in [1.29, 1.82) is 0 Å². The van der Waals surface area contributed by atoms with Crippen LogP contribution in [0.25, 0.3) is 0 Å². The van der Waals surface area contributed by atoms with Crippen LogP contribution in [0.15, 0.2) is 72.8 Å². The second kappa shape index (κ2) is 8.82. The van der Waals surface area contributed by atoms with Gasteiger partial charge in [0.05, 0.1) is 15.4 Å². The molecule has 0 heterocycles. The zero-order chi connectivity index (χ0) is 22.6. The highest BCUT2D eigenvalue weighted by molar-refractivity contribution is 5.76. The molecular weight excluding hydrogens is 415 g/mol. The van der Waals surface area contributed by atoms with Gasteiger partial charge < -0.3 is 4.90 Å². The number of nitro groups is 2. The Labute approximate surface area is 174 Å². The third-order valence-corrected chi connectivity index (χ3v) is 4.54. The maximum absolute atomic E-state index is 13.2. The lowest BCUT2D eigenvalue weighted by atomic mass is 10.1. The number of rotatable bonds is 7. The number of hydrogen-bond donors (Lipinski definition) is 0. The van der Waals surface area contributed by atoms with Crippen molar-refractivity contribution in [2.24, 2.45) is 0 Å². The first-order valence-corrected chi connectivity index (χ1v) is 9.03. The molecule has 0 atom stereocenters. The van der Waals surface area contributed by atoms with Crippen molar-refractivity contribution in [3.63, 3.8) is 0 Å². The fraction of sp³-hybridized carbons (Fsp3) is 0.143. The Morgan fingerprint density at radius 1 is 0.742 bits per heavy atom. The lowest BCUT2D eigenvalue weighted by molar-refractivity contribution is -0.393. The minimum atomic E-state index is -4.97.